The van der Waals surface area contributed by atoms with Crippen LogP contribution in [-0.2, 0) is 0 Å². The van der Waals surface area contributed by atoms with Crippen molar-refractivity contribution in [3.05, 3.63) is 23.8 Å². The Morgan fingerprint density at radius 2 is 2.16 bits per heavy atom. The lowest BCUT2D eigenvalue weighted by Gasteiger charge is -2.09. The van der Waals surface area contributed by atoms with Crippen LogP contribution in [0.1, 0.15) is 12.5 Å². The molecule has 0 unspecified atom stereocenters. The summed E-state index contributed by atoms with van der Waals surface area (Å²) in [6, 6.07) is 5.55. The lowest BCUT2D eigenvalue weighted by atomic mass is 10.2. The number of ether oxygens (including phenoxy) is 2. The molecule has 0 amide bonds. The Morgan fingerprint density at radius 3 is 2.74 bits per heavy atom. The highest BCUT2D eigenvalue weighted by Gasteiger charge is 2.03. The van der Waals surface area contributed by atoms with Gasteiger partial charge in [-0.2, -0.15) is 5.10 Å². The number of rotatable bonds is 5. The molecule has 19 heavy (non-hydrogen) atoms. The minimum Gasteiger partial charge on any atom is -0.493 e. The monoisotopic (exact) mass is 395 g/mol. The average molecular weight is 395 g/mol. The molecule has 0 saturated carbocycles. The summed E-state index contributed by atoms with van der Waals surface area (Å²) in [6.07, 6.45) is 3.45. The molecule has 0 aromatic heterocycles. The van der Waals surface area contributed by atoms with Crippen LogP contribution in [0.5, 0.6) is 11.5 Å². The van der Waals surface area contributed by atoms with Crippen molar-refractivity contribution in [2.45, 2.75) is 6.92 Å². The standard InChI is InChI=1S/C12H17N3O2S.HI/c1-4-17-10-6-5-9(7-11(10)16-2)8-14-15-12(13)18-3;/h5-8H,4H2,1-3H3,(H2,13,15);1H. The molecule has 0 bridgehead atoms. The molecular formula is C12H18IN3O2S. The Morgan fingerprint density at radius 1 is 1.42 bits per heavy atom. The summed E-state index contributed by atoms with van der Waals surface area (Å²) in [4.78, 5) is 0. The summed E-state index contributed by atoms with van der Waals surface area (Å²) in [5.74, 6) is 1.38. The molecular weight excluding hydrogens is 377 g/mol. The van der Waals surface area contributed by atoms with Crippen molar-refractivity contribution in [1.82, 2.24) is 0 Å². The second kappa shape index (κ2) is 9.90. The van der Waals surface area contributed by atoms with Crippen LogP contribution in [0.25, 0.3) is 0 Å². The number of methoxy groups -OCH3 is 1. The fourth-order valence-electron chi connectivity index (χ4n) is 1.23. The van der Waals surface area contributed by atoms with Crippen LogP contribution in [0.2, 0.25) is 0 Å². The van der Waals surface area contributed by atoms with Gasteiger partial charge in [0.2, 0.25) is 0 Å². The zero-order valence-corrected chi connectivity index (χ0v) is 14.3. The minimum atomic E-state index is 0. The van der Waals surface area contributed by atoms with Crippen molar-refractivity contribution < 1.29 is 9.47 Å². The molecule has 0 fully saturated rings. The van der Waals surface area contributed by atoms with Crippen molar-refractivity contribution in [1.29, 1.82) is 0 Å². The van der Waals surface area contributed by atoms with Gasteiger partial charge in [0.1, 0.15) is 0 Å². The van der Waals surface area contributed by atoms with E-state index in [-0.39, 0.29) is 24.0 Å². The molecule has 0 heterocycles. The molecule has 0 saturated heterocycles. The van der Waals surface area contributed by atoms with Gasteiger partial charge in [-0.1, -0.05) is 11.8 Å². The Balaban J connectivity index is 0.00000324. The summed E-state index contributed by atoms with van der Waals surface area (Å²) >= 11 is 1.35. The van der Waals surface area contributed by atoms with Crippen LogP contribution in [-0.4, -0.2) is 31.4 Å². The van der Waals surface area contributed by atoms with E-state index in [0.29, 0.717) is 23.3 Å². The number of hydrogen-bond acceptors (Lipinski definition) is 5. The van der Waals surface area contributed by atoms with Crippen LogP contribution < -0.4 is 15.2 Å². The summed E-state index contributed by atoms with van der Waals surface area (Å²) in [5.41, 5.74) is 6.38. The first-order valence-electron chi connectivity index (χ1n) is 5.42. The van der Waals surface area contributed by atoms with Crippen molar-refractivity contribution in [3.8, 4) is 11.5 Å². The van der Waals surface area contributed by atoms with E-state index < -0.39 is 0 Å². The van der Waals surface area contributed by atoms with Crippen molar-refractivity contribution in [3.63, 3.8) is 0 Å². The average Bonchev–Trinajstić information content (AvgIpc) is 2.40. The summed E-state index contributed by atoms with van der Waals surface area (Å²) in [5, 5.41) is 8.11. The zero-order valence-electron chi connectivity index (χ0n) is 11.1. The maximum atomic E-state index is 5.51. The van der Waals surface area contributed by atoms with Crippen LogP contribution in [0, 0.1) is 0 Å². The van der Waals surface area contributed by atoms with Gasteiger partial charge in [0, 0.05) is 0 Å². The van der Waals surface area contributed by atoms with Crippen LogP contribution in [0.4, 0.5) is 0 Å². The number of halogens is 1. The first-order chi connectivity index (χ1) is 8.71. The second-order valence-corrected chi connectivity index (χ2v) is 4.06. The fourth-order valence-corrected chi connectivity index (χ4v) is 1.36. The van der Waals surface area contributed by atoms with Gasteiger partial charge in [0.05, 0.1) is 19.9 Å². The Kier molecular flexibility index (Phi) is 9.40. The van der Waals surface area contributed by atoms with Gasteiger partial charge >= 0.3 is 0 Å². The van der Waals surface area contributed by atoms with E-state index in [1.165, 1.54) is 11.8 Å². The van der Waals surface area contributed by atoms with E-state index in [2.05, 4.69) is 10.2 Å². The maximum absolute atomic E-state index is 5.51. The molecule has 0 radical (unpaired) electrons. The Hall–Kier alpha value is -0.960. The molecule has 7 heteroatoms. The molecule has 0 aliphatic heterocycles. The highest BCUT2D eigenvalue weighted by Crippen LogP contribution is 2.27. The number of amidine groups is 1. The normalized spacial score (nSPS) is 11.2. The van der Waals surface area contributed by atoms with Crippen LogP contribution >= 0.6 is 35.7 Å². The van der Waals surface area contributed by atoms with Gasteiger partial charge in [0.25, 0.3) is 0 Å². The van der Waals surface area contributed by atoms with Gasteiger partial charge in [0.15, 0.2) is 16.7 Å². The topological polar surface area (TPSA) is 69.2 Å². The molecule has 0 aliphatic carbocycles. The van der Waals surface area contributed by atoms with Gasteiger partial charge in [-0.3, -0.25) is 0 Å². The van der Waals surface area contributed by atoms with Gasteiger partial charge in [-0.15, -0.1) is 29.1 Å². The Labute approximate surface area is 134 Å². The van der Waals surface area contributed by atoms with Gasteiger partial charge < -0.3 is 15.2 Å². The largest absolute Gasteiger partial charge is 0.493 e. The van der Waals surface area contributed by atoms with E-state index >= 15 is 0 Å². The van der Waals surface area contributed by atoms with Gasteiger partial charge in [-0.05, 0) is 36.9 Å². The van der Waals surface area contributed by atoms with E-state index in [9.17, 15) is 0 Å². The number of hydrogen-bond donors (Lipinski definition) is 1. The number of nitrogens with two attached hydrogens (primary N) is 1. The van der Waals surface area contributed by atoms with E-state index in [1.54, 1.807) is 13.3 Å². The van der Waals surface area contributed by atoms with Gasteiger partial charge in [-0.25, -0.2) is 0 Å². The lowest BCUT2D eigenvalue weighted by Crippen LogP contribution is -2.03. The molecule has 2 N–H and O–H groups in total. The Bertz CT molecular complexity index is 453. The molecule has 0 atom stereocenters. The number of thioether (sulfide) groups is 1. The van der Waals surface area contributed by atoms with E-state index in [4.69, 9.17) is 15.2 Å². The summed E-state index contributed by atoms with van der Waals surface area (Å²) in [7, 11) is 1.60. The SMILES string of the molecule is CCOc1ccc(C=NN=C(N)SC)cc1OC.I. The highest BCUT2D eigenvalue weighted by molar-refractivity contribution is 14.0. The molecule has 1 aromatic carbocycles. The molecule has 1 rings (SSSR count). The molecule has 106 valence electrons. The molecule has 0 aliphatic rings. The zero-order chi connectivity index (χ0) is 13.4. The fraction of sp³-hybridized carbons (Fsp3) is 0.333. The summed E-state index contributed by atoms with van der Waals surface area (Å²) in [6.45, 7) is 2.52. The summed E-state index contributed by atoms with van der Waals surface area (Å²) < 4.78 is 10.7. The predicted octanol–water partition coefficient (Wildman–Crippen LogP) is 2.72. The number of nitrogens with zero attached hydrogens (tertiary/aromatic N) is 2. The van der Waals surface area contributed by atoms with E-state index in [0.717, 1.165) is 5.56 Å². The molecule has 0 spiro atoms. The maximum Gasteiger partial charge on any atom is 0.180 e. The van der Waals surface area contributed by atoms with Crippen LogP contribution in [0.3, 0.4) is 0 Å². The molecule has 1 aromatic rings. The van der Waals surface area contributed by atoms with E-state index in [1.807, 2.05) is 31.4 Å². The first kappa shape index (κ1) is 18.0. The van der Waals surface area contributed by atoms with Crippen LogP contribution in [0.15, 0.2) is 28.4 Å². The van der Waals surface area contributed by atoms with Crippen molar-refractivity contribution in [2.24, 2.45) is 15.9 Å². The number of benzene rings is 1. The lowest BCUT2D eigenvalue weighted by molar-refractivity contribution is 0.311. The molecule has 5 nitrogen and oxygen atoms in total. The minimum absolute atomic E-state index is 0. The van der Waals surface area contributed by atoms with Crippen molar-refractivity contribution >= 4 is 47.1 Å². The van der Waals surface area contributed by atoms with Crippen molar-refractivity contribution in [2.75, 3.05) is 20.0 Å². The smallest absolute Gasteiger partial charge is 0.180 e. The first-order valence-corrected chi connectivity index (χ1v) is 6.65. The predicted molar refractivity (Wildman–Crippen MR) is 92.3 cm³/mol. The third kappa shape index (κ3) is 6.15. The second-order valence-electron chi connectivity index (χ2n) is 3.23. The highest BCUT2D eigenvalue weighted by atomic mass is 127. The quantitative estimate of drug-likeness (QED) is 0.360. The third-order valence-corrected chi connectivity index (χ3v) is 2.56. The third-order valence-electron chi connectivity index (χ3n) is 2.06.